The molecule has 1 aromatic heterocycles. The van der Waals surface area contributed by atoms with Crippen molar-refractivity contribution in [3.8, 4) is 5.75 Å². The van der Waals surface area contributed by atoms with E-state index >= 15 is 0 Å². The van der Waals surface area contributed by atoms with E-state index in [4.69, 9.17) is 25.6 Å². The molecule has 2 amide bonds. The van der Waals surface area contributed by atoms with E-state index in [1.807, 2.05) is 28.9 Å². The van der Waals surface area contributed by atoms with Crippen LogP contribution in [0, 0.1) is 12.3 Å². The summed E-state index contributed by atoms with van der Waals surface area (Å²) in [5, 5.41) is 4.67. The molecule has 0 saturated carbocycles. The number of hydrogen-bond acceptors (Lipinski definition) is 6. The van der Waals surface area contributed by atoms with Gasteiger partial charge in [0.25, 0.3) is 5.91 Å². The third-order valence-corrected chi connectivity index (χ3v) is 7.09. The van der Waals surface area contributed by atoms with E-state index in [0.29, 0.717) is 99.5 Å². The number of ether oxygens (including phenoxy) is 2. The van der Waals surface area contributed by atoms with Gasteiger partial charge < -0.3 is 23.8 Å². The number of halogens is 1. The molecule has 2 saturated heterocycles. The molecular formula is C25H32ClN3O5. The number of benzene rings is 1. The number of aromatic nitrogens is 1. The molecule has 0 atom stereocenters. The fourth-order valence-electron chi connectivity index (χ4n) is 4.66. The van der Waals surface area contributed by atoms with Crippen LogP contribution in [0.2, 0.25) is 5.02 Å². The molecule has 2 aliphatic rings. The summed E-state index contributed by atoms with van der Waals surface area (Å²) in [5.41, 5.74) is 0.896. The lowest BCUT2D eigenvalue weighted by Gasteiger charge is -2.42. The lowest BCUT2D eigenvalue weighted by molar-refractivity contribution is -0.139. The van der Waals surface area contributed by atoms with Crippen LogP contribution >= 0.6 is 11.6 Å². The van der Waals surface area contributed by atoms with Crippen LogP contribution in [0.15, 0.2) is 28.8 Å². The zero-order valence-corrected chi connectivity index (χ0v) is 20.6. The lowest BCUT2D eigenvalue weighted by Crippen LogP contribution is -2.49. The predicted molar refractivity (Wildman–Crippen MR) is 127 cm³/mol. The van der Waals surface area contributed by atoms with Gasteiger partial charge in [-0.05, 0) is 50.5 Å². The summed E-state index contributed by atoms with van der Waals surface area (Å²) >= 11 is 6.00. The molecule has 4 rings (SSSR count). The highest BCUT2D eigenvalue weighted by Crippen LogP contribution is 2.37. The highest BCUT2D eigenvalue weighted by molar-refractivity contribution is 6.30. The lowest BCUT2D eigenvalue weighted by atomic mass is 9.75. The molecule has 3 heterocycles. The first-order valence-electron chi connectivity index (χ1n) is 11.9. The predicted octanol–water partition coefficient (Wildman–Crippen LogP) is 3.75. The summed E-state index contributed by atoms with van der Waals surface area (Å²) in [6, 6.07) is 7.24. The van der Waals surface area contributed by atoms with Gasteiger partial charge in [0.2, 0.25) is 5.91 Å². The van der Waals surface area contributed by atoms with Crippen molar-refractivity contribution in [3.05, 3.63) is 46.3 Å². The molecule has 184 valence electrons. The number of hydrogen-bond donors (Lipinski definition) is 0. The monoisotopic (exact) mass is 489 g/mol. The zero-order valence-electron chi connectivity index (χ0n) is 19.8. The number of nitrogens with zero attached hydrogens (tertiary/aromatic N) is 3. The first-order chi connectivity index (χ1) is 16.4. The fraction of sp³-hybridized carbons (Fsp3) is 0.560. The van der Waals surface area contributed by atoms with Gasteiger partial charge in [0, 0.05) is 43.0 Å². The van der Waals surface area contributed by atoms with E-state index in [1.54, 1.807) is 19.1 Å². The quantitative estimate of drug-likeness (QED) is 0.589. The number of carbonyl (C=O) groups is 2. The maximum absolute atomic E-state index is 13.2. The third-order valence-electron chi connectivity index (χ3n) is 6.84. The second-order valence-corrected chi connectivity index (χ2v) is 9.56. The average molecular weight is 490 g/mol. The van der Waals surface area contributed by atoms with Crippen LogP contribution in [-0.4, -0.2) is 72.8 Å². The Morgan fingerprint density at radius 1 is 1.09 bits per heavy atom. The summed E-state index contributed by atoms with van der Waals surface area (Å²) in [7, 11) is 0. The minimum absolute atomic E-state index is 0.0534. The van der Waals surface area contributed by atoms with Crippen LogP contribution in [-0.2, 0) is 16.0 Å². The Morgan fingerprint density at radius 3 is 2.41 bits per heavy atom. The summed E-state index contributed by atoms with van der Waals surface area (Å²) in [6.07, 6.45) is 2.37. The Morgan fingerprint density at radius 2 is 1.76 bits per heavy atom. The first-order valence-corrected chi connectivity index (χ1v) is 12.3. The maximum atomic E-state index is 13.2. The van der Waals surface area contributed by atoms with Crippen molar-refractivity contribution < 1.29 is 23.6 Å². The van der Waals surface area contributed by atoms with E-state index in [0.717, 1.165) is 0 Å². The van der Waals surface area contributed by atoms with E-state index in [9.17, 15) is 9.59 Å². The molecule has 2 aliphatic heterocycles. The third kappa shape index (κ3) is 5.55. The number of rotatable bonds is 7. The Bertz CT molecular complexity index is 992. The molecule has 0 spiro atoms. The molecule has 9 heteroatoms. The maximum Gasteiger partial charge on any atom is 0.259 e. The van der Waals surface area contributed by atoms with Crippen LogP contribution in [0.3, 0.4) is 0 Å². The van der Waals surface area contributed by atoms with Gasteiger partial charge in [0.1, 0.15) is 17.1 Å². The molecular weight excluding hydrogens is 458 g/mol. The Balaban J connectivity index is 1.47. The van der Waals surface area contributed by atoms with Gasteiger partial charge in [-0.15, -0.1) is 0 Å². The molecule has 0 aliphatic carbocycles. The van der Waals surface area contributed by atoms with Gasteiger partial charge in [0.05, 0.1) is 25.5 Å². The normalized spacial score (nSPS) is 18.1. The molecule has 0 N–H and O–H groups in total. The number of piperidine rings is 1. The van der Waals surface area contributed by atoms with Crippen LogP contribution in [0.25, 0.3) is 0 Å². The van der Waals surface area contributed by atoms with Crippen molar-refractivity contribution in [2.45, 2.75) is 39.5 Å². The molecule has 0 radical (unpaired) electrons. The van der Waals surface area contributed by atoms with Gasteiger partial charge in [-0.3, -0.25) is 9.59 Å². The zero-order chi connectivity index (χ0) is 24.1. The summed E-state index contributed by atoms with van der Waals surface area (Å²) < 4.78 is 16.8. The molecule has 1 aromatic carbocycles. The molecule has 2 fully saturated rings. The number of carbonyl (C=O) groups excluding carboxylic acids is 2. The highest BCUT2D eigenvalue weighted by Gasteiger charge is 2.40. The molecule has 0 unspecified atom stereocenters. The smallest absolute Gasteiger partial charge is 0.259 e. The molecule has 0 bridgehead atoms. The van der Waals surface area contributed by atoms with E-state index in [2.05, 4.69) is 5.16 Å². The summed E-state index contributed by atoms with van der Waals surface area (Å²) in [5.74, 6) is 1.33. The topological polar surface area (TPSA) is 85.1 Å². The highest BCUT2D eigenvalue weighted by atomic mass is 35.5. The Kier molecular flexibility index (Phi) is 7.78. The van der Waals surface area contributed by atoms with Gasteiger partial charge in [-0.2, -0.15) is 0 Å². The average Bonchev–Trinajstić information content (AvgIpc) is 3.24. The first kappa shape index (κ1) is 24.5. The molecule has 2 aromatic rings. The van der Waals surface area contributed by atoms with Crippen molar-refractivity contribution in [2.75, 3.05) is 46.0 Å². The Labute approximate surface area is 205 Å². The second-order valence-electron chi connectivity index (χ2n) is 9.12. The van der Waals surface area contributed by atoms with Crippen molar-refractivity contribution >= 4 is 23.4 Å². The summed E-state index contributed by atoms with van der Waals surface area (Å²) in [4.78, 5) is 30.1. The van der Waals surface area contributed by atoms with Crippen molar-refractivity contribution in [1.29, 1.82) is 0 Å². The second kappa shape index (κ2) is 10.8. The number of aryl methyl sites for hydroxylation is 2. The minimum Gasteiger partial charge on any atom is -0.493 e. The van der Waals surface area contributed by atoms with Gasteiger partial charge in [-0.1, -0.05) is 23.7 Å². The minimum atomic E-state index is -0.358. The van der Waals surface area contributed by atoms with E-state index < -0.39 is 0 Å². The summed E-state index contributed by atoms with van der Waals surface area (Å²) in [6.45, 7) is 7.60. The number of likely N-dealkylation sites (tertiary alicyclic amines) is 1. The van der Waals surface area contributed by atoms with Crippen molar-refractivity contribution in [1.82, 2.24) is 15.0 Å². The number of amides is 2. The van der Waals surface area contributed by atoms with E-state index in [1.165, 1.54) is 0 Å². The largest absolute Gasteiger partial charge is 0.493 e. The van der Waals surface area contributed by atoms with Gasteiger partial charge >= 0.3 is 0 Å². The van der Waals surface area contributed by atoms with Crippen LogP contribution in [0.4, 0.5) is 0 Å². The molecule has 34 heavy (non-hydrogen) atoms. The fourth-order valence-corrected chi connectivity index (χ4v) is 4.79. The van der Waals surface area contributed by atoms with Crippen molar-refractivity contribution in [3.63, 3.8) is 0 Å². The van der Waals surface area contributed by atoms with Crippen LogP contribution < -0.4 is 4.74 Å². The van der Waals surface area contributed by atoms with Gasteiger partial charge in [0.15, 0.2) is 0 Å². The van der Waals surface area contributed by atoms with Crippen LogP contribution in [0.1, 0.15) is 48.0 Å². The van der Waals surface area contributed by atoms with Crippen LogP contribution in [0.5, 0.6) is 5.75 Å². The van der Waals surface area contributed by atoms with E-state index in [-0.39, 0.29) is 17.2 Å². The SMILES string of the molecule is CCc1noc(C)c1C(=O)N1CCC(COc2ccc(Cl)cc2)(CC(=O)N2CCOCC2)CC1. The van der Waals surface area contributed by atoms with Crippen molar-refractivity contribution in [2.24, 2.45) is 5.41 Å². The standard InChI is InChI=1S/C25H32ClN3O5/c1-3-21-23(18(2)34-27-21)24(31)29-10-8-25(9-11-29,16-22(30)28-12-14-32-15-13-28)17-33-20-6-4-19(26)5-7-20/h4-7H,3,8-17H2,1-2H3. The molecule has 8 nitrogen and oxygen atoms in total. The number of morpholine rings is 1. The van der Waals surface area contributed by atoms with Gasteiger partial charge in [-0.25, -0.2) is 0 Å². The Hall–Kier alpha value is -2.58.